The van der Waals surface area contributed by atoms with Gasteiger partial charge in [0.05, 0.1) is 18.0 Å². The van der Waals surface area contributed by atoms with Gasteiger partial charge in [-0.15, -0.1) is 0 Å². The summed E-state index contributed by atoms with van der Waals surface area (Å²) < 4.78 is 34.5. The molecule has 1 fully saturated rings. The number of hydrogen-bond donors (Lipinski definition) is 2. The van der Waals surface area contributed by atoms with Crippen molar-refractivity contribution in [3.8, 4) is 0 Å². The summed E-state index contributed by atoms with van der Waals surface area (Å²) in [6.45, 7) is 1.17. The lowest BCUT2D eigenvalue weighted by molar-refractivity contribution is 0.0949. The number of hydrogen-bond acceptors (Lipinski definition) is 5. The lowest BCUT2D eigenvalue weighted by Gasteiger charge is -2.12. The van der Waals surface area contributed by atoms with Crippen LogP contribution < -0.4 is 10.0 Å². The fraction of sp³-hybridized carbons (Fsp3) is 0.375. The Hall–Kier alpha value is -2.23. The van der Waals surface area contributed by atoms with E-state index in [2.05, 4.69) is 15.0 Å². The highest BCUT2D eigenvalue weighted by atomic mass is 32.2. The summed E-state index contributed by atoms with van der Waals surface area (Å²) in [5.74, 6) is 0.351. The Morgan fingerprint density at radius 1 is 1.44 bits per heavy atom. The Kier molecular flexibility index (Phi) is 5.16. The molecule has 0 radical (unpaired) electrons. The number of carbonyl (C=O) groups excluding carboxylic acids is 1. The molecular weight excluding hydrogens is 344 g/mol. The fourth-order valence-corrected chi connectivity index (χ4v) is 3.85. The van der Waals surface area contributed by atoms with Crippen molar-refractivity contribution in [3.63, 3.8) is 0 Å². The maximum absolute atomic E-state index is 12.4. The van der Waals surface area contributed by atoms with Gasteiger partial charge in [0, 0.05) is 37.7 Å². The van der Waals surface area contributed by atoms with Crippen LogP contribution in [0.5, 0.6) is 0 Å². The largest absolute Gasteiger partial charge is 0.380 e. The van der Waals surface area contributed by atoms with Crippen LogP contribution in [0.1, 0.15) is 22.6 Å². The van der Waals surface area contributed by atoms with Crippen molar-refractivity contribution in [2.75, 3.05) is 13.2 Å². The van der Waals surface area contributed by atoms with Crippen molar-refractivity contribution >= 4 is 15.9 Å². The third-order valence-electron chi connectivity index (χ3n) is 3.99. The van der Waals surface area contributed by atoms with Crippen LogP contribution in [-0.4, -0.2) is 43.1 Å². The summed E-state index contributed by atoms with van der Waals surface area (Å²) >= 11 is 0. The molecule has 9 heteroatoms. The van der Waals surface area contributed by atoms with Crippen molar-refractivity contribution in [2.24, 2.45) is 7.05 Å². The van der Waals surface area contributed by atoms with E-state index in [1.165, 1.54) is 12.1 Å². The van der Waals surface area contributed by atoms with Crippen LogP contribution in [-0.2, 0) is 28.4 Å². The molecule has 0 bridgehead atoms. The van der Waals surface area contributed by atoms with Gasteiger partial charge in [-0.2, -0.15) is 0 Å². The molecule has 134 valence electrons. The molecule has 1 aromatic carbocycles. The number of amides is 1. The van der Waals surface area contributed by atoms with Crippen molar-refractivity contribution in [3.05, 3.63) is 48.0 Å². The number of sulfonamides is 1. The normalized spacial score (nSPS) is 17.6. The molecule has 0 unspecified atom stereocenters. The number of nitrogens with zero attached hydrogens (tertiary/aromatic N) is 2. The summed E-state index contributed by atoms with van der Waals surface area (Å²) in [5.41, 5.74) is 0.278. The second kappa shape index (κ2) is 7.34. The number of ether oxygens (including phenoxy) is 1. The smallest absolute Gasteiger partial charge is 0.251 e. The van der Waals surface area contributed by atoms with Crippen LogP contribution in [0.2, 0.25) is 0 Å². The SMILES string of the molecule is Cn1ccnc1CNC(=O)c1cccc(S(=O)(=O)N[C@@H]2CCOC2)c1. The number of aromatic nitrogens is 2. The third-order valence-corrected chi connectivity index (χ3v) is 5.50. The first-order chi connectivity index (χ1) is 12.0. The fourth-order valence-electron chi connectivity index (χ4n) is 2.55. The second-order valence-corrected chi connectivity index (χ2v) is 7.56. The Morgan fingerprint density at radius 3 is 2.96 bits per heavy atom. The zero-order chi connectivity index (χ0) is 17.9. The van der Waals surface area contributed by atoms with Crippen molar-refractivity contribution in [1.82, 2.24) is 19.6 Å². The molecule has 3 rings (SSSR count). The van der Waals surface area contributed by atoms with Gasteiger partial charge >= 0.3 is 0 Å². The highest BCUT2D eigenvalue weighted by Crippen LogP contribution is 2.14. The second-order valence-electron chi connectivity index (χ2n) is 5.85. The predicted molar refractivity (Wildman–Crippen MR) is 90.4 cm³/mol. The molecule has 1 amide bonds. The van der Waals surface area contributed by atoms with Gasteiger partial charge in [-0.3, -0.25) is 4.79 Å². The van der Waals surface area contributed by atoms with E-state index in [-0.39, 0.29) is 29.0 Å². The Balaban J connectivity index is 1.69. The van der Waals surface area contributed by atoms with E-state index in [1.807, 2.05) is 7.05 Å². The van der Waals surface area contributed by atoms with Gasteiger partial charge in [0.2, 0.25) is 10.0 Å². The van der Waals surface area contributed by atoms with Gasteiger partial charge < -0.3 is 14.6 Å². The minimum atomic E-state index is -3.69. The van der Waals surface area contributed by atoms with Gasteiger partial charge in [0.25, 0.3) is 5.91 Å². The standard InChI is InChI=1S/C16H20N4O4S/c1-20-7-6-17-15(20)10-18-16(21)12-3-2-4-14(9-12)25(22,23)19-13-5-8-24-11-13/h2-4,6-7,9,13,19H,5,8,10-11H2,1H3,(H,18,21)/t13-/m1/s1. The van der Waals surface area contributed by atoms with Crippen LogP contribution in [0.3, 0.4) is 0 Å². The summed E-state index contributed by atoms with van der Waals surface area (Å²) in [6.07, 6.45) is 4.07. The van der Waals surface area contributed by atoms with Gasteiger partial charge in [0.15, 0.2) is 0 Å². The van der Waals surface area contributed by atoms with Crippen LogP contribution >= 0.6 is 0 Å². The molecular formula is C16H20N4O4S. The molecule has 8 nitrogen and oxygen atoms in total. The molecule has 1 aromatic heterocycles. The zero-order valence-electron chi connectivity index (χ0n) is 13.8. The number of rotatable bonds is 6. The molecule has 2 heterocycles. The first-order valence-electron chi connectivity index (χ1n) is 7.90. The molecule has 1 atom stereocenters. The van der Waals surface area contributed by atoms with Crippen molar-refractivity contribution in [1.29, 1.82) is 0 Å². The quantitative estimate of drug-likeness (QED) is 0.773. The van der Waals surface area contributed by atoms with E-state index in [9.17, 15) is 13.2 Å². The molecule has 1 saturated heterocycles. The highest BCUT2D eigenvalue weighted by molar-refractivity contribution is 7.89. The van der Waals surface area contributed by atoms with Gasteiger partial charge in [-0.05, 0) is 24.6 Å². The lowest BCUT2D eigenvalue weighted by atomic mass is 10.2. The van der Waals surface area contributed by atoms with Crippen LogP contribution in [0.4, 0.5) is 0 Å². The van der Waals surface area contributed by atoms with E-state index in [0.29, 0.717) is 25.5 Å². The molecule has 2 N–H and O–H groups in total. The average Bonchev–Trinajstić information content (AvgIpc) is 3.24. The topological polar surface area (TPSA) is 102 Å². The minimum absolute atomic E-state index is 0.0593. The first-order valence-corrected chi connectivity index (χ1v) is 9.38. The first kappa shape index (κ1) is 17.6. The molecule has 0 aliphatic carbocycles. The molecule has 1 aliphatic rings. The summed E-state index contributed by atoms with van der Waals surface area (Å²) in [4.78, 5) is 16.5. The van der Waals surface area contributed by atoms with E-state index in [4.69, 9.17) is 4.74 Å². The number of imidazole rings is 1. The predicted octanol–water partition coefficient (Wildman–Crippen LogP) is 0.417. The molecule has 2 aromatic rings. The molecule has 0 spiro atoms. The van der Waals surface area contributed by atoms with Gasteiger partial charge in [-0.1, -0.05) is 6.07 Å². The third kappa shape index (κ3) is 4.25. The Morgan fingerprint density at radius 2 is 2.28 bits per heavy atom. The van der Waals surface area contributed by atoms with E-state index in [1.54, 1.807) is 29.1 Å². The minimum Gasteiger partial charge on any atom is -0.380 e. The number of benzene rings is 1. The Bertz CT molecular complexity index is 857. The van der Waals surface area contributed by atoms with E-state index >= 15 is 0 Å². The monoisotopic (exact) mass is 364 g/mol. The molecule has 0 saturated carbocycles. The zero-order valence-corrected chi connectivity index (χ0v) is 14.6. The summed E-state index contributed by atoms with van der Waals surface area (Å²) in [6, 6.07) is 5.73. The molecule has 25 heavy (non-hydrogen) atoms. The summed E-state index contributed by atoms with van der Waals surface area (Å²) in [5, 5.41) is 2.74. The summed E-state index contributed by atoms with van der Waals surface area (Å²) in [7, 11) is -1.86. The molecule has 1 aliphatic heterocycles. The van der Waals surface area contributed by atoms with Gasteiger partial charge in [0.1, 0.15) is 5.82 Å². The average molecular weight is 364 g/mol. The van der Waals surface area contributed by atoms with Crippen LogP contribution in [0.15, 0.2) is 41.6 Å². The maximum Gasteiger partial charge on any atom is 0.251 e. The highest BCUT2D eigenvalue weighted by Gasteiger charge is 2.24. The van der Waals surface area contributed by atoms with Gasteiger partial charge in [-0.25, -0.2) is 18.1 Å². The number of carbonyl (C=O) groups is 1. The van der Waals surface area contributed by atoms with Crippen molar-refractivity contribution < 1.29 is 17.9 Å². The van der Waals surface area contributed by atoms with Crippen molar-refractivity contribution in [2.45, 2.75) is 23.9 Å². The number of nitrogens with one attached hydrogen (secondary N) is 2. The van der Waals surface area contributed by atoms with E-state index < -0.39 is 10.0 Å². The number of aryl methyl sites for hydroxylation is 1. The maximum atomic E-state index is 12.4. The van der Waals surface area contributed by atoms with Crippen LogP contribution in [0, 0.1) is 0 Å². The lowest BCUT2D eigenvalue weighted by Crippen LogP contribution is -2.35. The van der Waals surface area contributed by atoms with Crippen LogP contribution in [0.25, 0.3) is 0 Å². The van der Waals surface area contributed by atoms with E-state index in [0.717, 1.165) is 0 Å². The Labute approximate surface area is 146 Å².